The molecule has 1 aliphatic carbocycles. The third kappa shape index (κ3) is 3.54. The molecule has 1 aliphatic rings. The van der Waals surface area contributed by atoms with Gasteiger partial charge in [-0.05, 0) is 60.3 Å². The molecule has 1 atom stereocenters. The Balaban J connectivity index is 1.99. The number of carbonyl (C=O) groups excluding carboxylic acids is 1. The lowest BCUT2D eigenvalue weighted by Crippen LogP contribution is -2.42. The van der Waals surface area contributed by atoms with Gasteiger partial charge in [-0.15, -0.1) is 0 Å². The number of benzene rings is 1. The number of likely N-dealkylation sites (N-methyl/N-ethyl adjacent to an activating group) is 1. The van der Waals surface area contributed by atoms with Gasteiger partial charge in [-0.1, -0.05) is 18.9 Å². The van der Waals surface area contributed by atoms with Crippen molar-refractivity contribution in [3.8, 4) is 5.75 Å². The van der Waals surface area contributed by atoms with Gasteiger partial charge in [0, 0.05) is 13.1 Å². The van der Waals surface area contributed by atoms with Crippen LogP contribution in [0.4, 0.5) is 0 Å². The molecule has 0 aromatic heterocycles. The number of halogens is 1. The van der Waals surface area contributed by atoms with Gasteiger partial charge in [0.05, 0.1) is 4.47 Å². The Labute approximate surface area is 129 Å². The number of ether oxygens (including phenoxy) is 1. The summed E-state index contributed by atoms with van der Waals surface area (Å²) in [5.41, 5.74) is 1.16. The number of amides is 1. The number of hydrogen-bond acceptors (Lipinski definition) is 2. The zero-order valence-corrected chi connectivity index (χ0v) is 13.9. The van der Waals surface area contributed by atoms with E-state index in [1.807, 2.05) is 44.0 Å². The van der Waals surface area contributed by atoms with Crippen LogP contribution >= 0.6 is 15.9 Å². The first-order valence-corrected chi connectivity index (χ1v) is 7.98. The SMILES string of the molecule is Cc1ccc(OC(C)C(=O)N(C)C2CCCC2)c(Br)c1. The zero-order valence-electron chi connectivity index (χ0n) is 12.4. The van der Waals surface area contributed by atoms with Gasteiger partial charge in [-0.3, -0.25) is 4.79 Å². The van der Waals surface area contributed by atoms with Gasteiger partial charge < -0.3 is 9.64 Å². The molecule has 1 amide bonds. The topological polar surface area (TPSA) is 29.5 Å². The molecule has 0 radical (unpaired) electrons. The Morgan fingerprint density at radius 2 is 2.05 bits per heavy atom. The predicted molar refractivity (Wildman–Crippen MR) is 84.0 cm³/mol. The van der Waals surface area contributed by atoms with E-state index >= 15 is 0 Å². The minimum atomic E-state index is -0.459. The largest absolute Gasteiger partial charge is 0.480 e. The molecule has 110 valence electrons. The number of rotatable bonds is 4. The molecule has 20 heavy (non-hydrogen) atoms. The van der Waals surface area contributed by atoms with E-state index in [0.717, 1.165) is 28.6 Å². The second kappa shape index (κ2) is 6.61. The van der Waals surface area contributed by atoms with Crippen molar-refractivity contribution < 1.29 is 9.53 Å². The standard InChI is InChI=1S/C16H22BrNO2/c1-11-8-9-15(14(17)10-11)20-12(2)16(19)18(3)13-6-4-5-7-13/h8-10,12-13H,4-7H2,1-3H3. The molecule has 1 fully saturated rings. The molecule has 0 N–H and O–H groups in total. The maximum absolute atomic E-state index is 12.4. The quantitative estimate of drug-likeness (QED) is 0.831. The molecular formula is C16H22BrNO2. The van der Waals surface area contributed by atoms with Gasteiger partial charge in [0.1, 0.15) is 5.75 Å². The molecule has 1 aromatic rings. The summed E-state index contributed by atoms with van der Waals surface area (Å²) in [6.07, 6.45) is 4.22. The van der Waals surface area contributed by atoms with Crippen molar-refractivity contribution in [2.45, 2.75) is 51.7 Å². The van der Waals surface area contributed by atoms with Crippen molar-refractivity contribution in [2.75, 3.05) is 7.05 Å². The number of aryl methyl sites for hydroxylation is 1. The van der Waals surface area contributed by atoms with Crippen LogP contribution in [-0.2, 0) is 4.79 Å². The minimum absolute atomic E-state index is 0.0596. The molecule has 0 aliphatic heterocycles. The van der Waals surface area contributed by atoms with E-state index in [9.17, 15) is 4.79 Å². The lowest BCUT2D eigenvalue weighted by molar-refractivity contribution is -0.138. The van der Waals surface area contributed by atoms with Crippen LogP contribution in [0.2, 0.25) is 0 Å². The number of hydrogen-bond donors (Lipinski definition) is 0. The van der Waals surface area contributed by atoms with Gasteiger partial charge in [0.15, 0.2) is 6.10 Å². The number of carbonyl (C=O) groups is 1. The third-order valence-corrected chi connectivity index (χ3v) is 4.58. The van der Waals surface area contributed by atoms with E-state index in [1.54, 1.807) is 0 Å². The zero-order chi connectivity index (χ0) is 14.7. The maximum atomic E-state index is 12.4. The molecule has 0 bridgehead atoms. The minimum Gasteiger partial charge on any atom is -0.480 e. The third-order valence-electron chi connectivity index (χ3n) is 3.96. The highest BCUT2D eigenvalue weighted by Crippen LogP contribution is 2.28. The lowest BCUT2D eigenvalue weighted by atomic mass is 10.2. The van der Waals surface area contributed by atoms with Crippen molar-refractivity contribution in [3.05, 3.63) is 28.2 Å². The predicted octanol–water partition coefficient (Wildman–Crippen LogP) is 3.93. The summed E-state index contributed by atoms with van der Waals surface area (Å²) < 4.78 is 6.69. The Morgan fingerprint density at radius 3 is 2.65 bits per heavy atom. The second-order valence-corrected chi connectivity index (χ2v) is 6.44. The average molecular weight is 340 g/mol. The average Bonchev–Trinajstić information content (AvgIpc) is 2.94. The summed E-state index contributed by atoms with van der Waals surface area (Å²) in [4.78, 5) is 14.3. The molecule has 3 nitrogen and oxygen atoms in total. The van der Waals surface area contributed by atoms with Gasteiger partial charge in [0.25, 0.3) is 5.91 Å². The molecule has 0 heterocycles. The van der Waals surface area contributed by atoms with Crippen LogP contribution in [0.3, 0.4) is 0 Å². The van der Waals surface area contributed by atoms with E-state index in [1.165, 1.54) is 12.8 Å². The van der Waals surface area contributed by atoms with Crippen molar-refractivity contribution in [1.82, 2.24) is 4.90 Å². The molecule has 1 saturated carbocycles. The van der Waals surface area contributed by atoms with E-state index in [-0.39, 0.29) is 5.91 Å². The molecule has 0 spiro atoms. The van der Waals surface area contributed by atoms with Crippen LogP contribution in [0.5, 0.6) is 5.75 Å². The molecule has 1 aromatic carbocycles. The highest BCUT2D eigenvalue weighted by molar-refractivity contribution is 9.10. The monoisotopic (exact) mass is 339 g/mol. The number of nitrogens with zero attached hydrogens (tertiary/aromatic N) is 1. The van der Waals surface area contributed by atoms with Crippen LogP contribution in [0.1, 0.15) is 38.2 Å². The van der Waals surface area contributed by atoms with Gasteiger partial charge in [-0.25, -0.2) is 0 Å². The summed E-state index contributed by atoms with van der Waals surface area (Å²) in [7, 11) is 1.89. The summed E-state index contributed by atoms with van der Waals surface area (Å²) >= 11 is 3.48. The Bertz CT molecular complexity index is 483. The smallest absolute Gasteiger partial charge is 0.263 e. The summed E-state index contributed by atoms with van der Waals surface area (Å²) in [6.45, 7) is 3.84. The fourth-order valence-electron chi connectivity index (χ4n) is 2.70. The molecule has 1 unspecified atom stereocenters. The van der Waals surface area contributed by atoms with Crippen LogP contribution < -0.4 is 4.74 Å². The molecular weight excluding hydrogens is 318 g/mol. The first-order chi connectivity index (χ1) is 9.49. The lowest BCUT2D eigenvalue weighted by Gasteiger charge is -2.27. The normalized spacial score (nSPS) is 17.0. The van der Waals surface area contributed by atoms with Crippen LogP contribution in [0.15, 0.2) is 22.7 Å². The highest BCUT2D eigenvalue weighted by Gasteiger charge is 2.27. The van der Waals surface area contributed by atoms with Crippen molar-refractivity contribution in [2.24, 2.45) is 0 Å². The molecule has 2 rings (SSSR count). The van der Waals surface area contributed by atoms with E-state index in [0.29, 0.717) is 6.04 Å². The Kier molecular flexibility index (Phi) is 5.08. The first kappa shape index (κ1) is 15.4. The maximum Gasteiger partial charge on any atom is 0.263 e. The van der Waals surface area contributed by atoms with E-state index in [4.69, 9.17) is 4.74 Å². The van der Waals surface area contributed by atoms with Crippen LogP contribution in [0, 0.1) is 6.92 Å². The summed E-state index contributed by atoms with van der Waals surface area (Å²) in [6, 6.07) is 6.26. The van der Waals surface area contributed by atoms with E-state index < -0.39 is 6.10 Å². The summed E-state index contributed by atoms with van der Waals surface area (Å²) in [5.74, 6) is 0.778. The second-order valence-electron chi connectivity index (χ2n) is 5.58. The highest BCUT2D eigenvalue weighted by atomic mass is 79.9. The van der Waals surface area contributed by atoms with Crippen molar-refractivity contribution in [1.29, 1.82) is 0 Å². The molecule has 0 saturated heterocycles. The van der Waals surface area contributed by atoms with E-state index in [2.05, 4.69) is 15.9 Å². The van der Waals surface area contributed by atoms with Gasteiger partial charge >= 0.3 is 0 Å². The Hall–Kier alpha value is -1.03. The first-order valence-electron chi connectivity index (χ1n) is 7.18. The fraction of sp³-hybridized carbons (Fsp3) is 0.562. The summed E-state index contributed by atoms with van der Waals surface area (Å²) in [5, 5.41) is 0. The van der Waals surface area contributed by atoms with Crippen LogP contribution in [0.25, 0.3) is 0 Å². The van der Waals surface area contributed by atoms with Gasteiger partial charge in [0.2, 0.25) is 0 Å². The van der Waals surface area contributed by atoms with Crippen LogP contribution in [-0.4, -0.2) is 30.0 Å². The van der Waals surface area contributed by atoms with Crippen molar-refractivity contribution >= 4 is 21.8 Å². The van der Waals surface area contributed by atoms with Crippen molar-refractivity contribution in [3.63, 3.8) is 0 Å². The fourth-order valence-corrected chi connectivity index (χ4v) is 3.29. The van der Waals surface area contributed by atoms with Gasteiger partial charge in [-0.2, -0.15) is 0 Å². The Morgan fingerprint density at radius 1 is 1.40 bits per heavy atom. The molecule has 4 heteroatoms.